The van der Waals surface area contributed by atoms with Gasteiger partial charge in [-0.25, -0.2) is 13.4 Å². The number of nitrogens with one attached hydrogen (secondary N) is 2. The first-order valence-corrected chi connectivity index (χ1v) is 8.01. The lowest BCUT2D eigenvalue weighted by atomic mass is 10.5. The molecule has 5 nitrogen and oxygen atoms in total. The lowest BCUT2D eigenvalue weighted by molar-refractivity contribution is 0.600. The molecule has 2 N–H and O–H groups in total. The molecule has 0 bridgehead atoms. The van der Waals surface area contributed by atoms with Gasteiger partial charge in [0, 0.05) is 23.0 Å². The van der Waals surface area contributed by atoms with Gasteiger partial charge in [0.15, 0.2) is 5.13 Å². The Labute approximate surface area is 108 Å². The van der Waals surface area contributed by atoms with Crippen molar-refractivity contribution in [1.29, 1.82) is 0 Å². The van der Waals surface area contributed by atoms with Gasteiger partial charge in [0.25, 0.3) is 10.0 Å². The lowest BCUT2D eigenvalue weighted by Crippen LogP contribution is -2.15. The summed E-state index contributed by atoms with van der Waals surface area (Å²) in [5.41, 5.74) is 0. The van der Waals surface area contributed by atoms with Gasteiger partial charge < -0.3 is 5.32 Å². The highest BCUT2D eigenvalue weighted by Gasteiger charge is 2.20. The first kappa shape index (κ1) is 12.5. The first-order valence-electron chi connectivity index (χ1n) is 4.77. The third-order valence-electron chi connectivity index (χ3n) is 1.99. The van der Waals surface area contributed by atoms with Crippen molar-refractivity contribution in [1.82, 2.24) is 10.3 Å². The van der Waals surface area contributed by atoms with E-state index in [1.54, 1.807) is 30.1 Å². The Morgan fingerprint density at radius 1 is 1.35 bits per heavy atom. The summed E-state index contributed by atoms with van der Waals surface area (Å²) in [5.74, 6) is 0. The van der Waals surface area contributed by atoms with Gasteiger partial charge in [0.05, 0.1) is 0 Å². The molecule has 92 valence electrons. The Bertz CT molecular complexity index is 574. The average molecular weight is 289 g/mol. The van der Waals surface area contributed by atoms with Crippen molar-refractivity contribution in [2.75, 3.05) is 11.8 Å². The first-order chi connectivity index (χ1) is 8.13. The van der Waals surface area contributed by atoms with E-state index in [1.807, 2.05) is 0 Å². The van der Waals surface area contributed by atoms with E-state index in [2.05, 4.69) is 15.0 Å². The predicted molar refractivity (Wildman–Crippen MR) is 70.0 cm³/mol. The summed E-state index contributed by atoms with van der Waals surface area (Å²) in [6.07, 6.45) is 1.56. The number of nitrogens with zero attached hydrogens (tertiary/aromatic N) is 1. The van der Waals surface area contributed by atoms with E-state index in [1.165, 1.54) is 22.7 Å². The molecule has 0 amide bonds. The Balaban J connectivity index is 2.28. The van der Waals surface area contributed by atoms with E-state index in [4.69, 9.17) is 0 Å². The van der Waals surface area contributed by atoms with Crippen LogP contribution in [-0.4, -0.2) is 20.4 Å². The minimum absolute atomic E-state index is 0.312. The number of rotatable bonds is 5. The number of thiazole rings is 1. The van der Waals surface area contributed by atoms with Gasteiger partial charge in [0.2, 0.25) is 0 Å². The second kappa shape index (κ2) is 5.13. The molecule has 0 saturated heterocycles. The molecule has 0 fully saturated rings. The zero-order chi connectivity index (χ0) is 12.3. The molecule has 0 radical (unpaired) electrons. The summed E-state index contributed by atoms with van der Waals surface area (Å²) >= 11 is 2.67. The Hall–Kier alpha value is -0.960. The maximum absolute atomic E-state index is 12.1. The van der Waals surface area contributed by atoms with Crippen LogP contribution in [0, 0.1) is 0 Å². The number of hydrogen-bond donors (Lipinski definition) is 2. The van der Waals surface area contributed by atoms with Crippen LogP contribution in [0.25, 0.3) is 0 Å². The minimum Gasteiger partial charge on any atom is -0.315 e. The van der Waals surface area contributed by atoms with E-state index >= 15 is 0 Å². The fraction of sp³-hybridized carbons (Fsp3) is 0.222. The molecule has 0 saturated carbocycles. The minimum atomic E-state index is -3.52. The smallest absolute Gasteiger partial charge is 0.264 e. The van der Waals surface area contributed by atoms with Crippen LogP contribution in [0.3, 0.4) is 0 Å². The van der Waals surface area contributed by atoms with E-state index in [9.17, 15) is 8.42 Å². The van der Waals surface area contributed by atoms with E-state index in [0.29, 0.717) is 16.6 Å². The zero-order valence-electron chi connectivity index (χ0n) is 9.00. The molecule has 2 aromatic rings. The van der Waals surface area contributed by atoms with Gasteiger partial charge in [0.1, 0.15) is 4.90 Å². The second-order valence-electron chi connectivity index (χ2n) is 3.18. The van der Waals surface area contributed by atoms with Crippen molar-refractivity contribution in [2.45, 2.75) is 11.4 Å². The molecule has 0 aliphatic carbocycles. The van der Waals surface area contributed by atoms with Crippen molar-refractivity contribution in [2.24, 2.45) is 0 Å². The predicted octanol–water partition coefficient (Wildman–Crippen LogP) is 1.72. The van der Waals surface area contributed by atoms with Crippen molar-refractivity contribution < 1.29 is 8.42 Å². The molecule has 0 unspecified atom stereocenters. The van der Waals surface area contributed by atoms with Gasteiger partial charge in [-0.3, -0.25) is 4.72 Å². The third kappa shape index (κ3) is 2.83. The summed E-state index contributed by atoms with van der Waals surface area (Å²) in [4.78, 5) is 5.00. The number of anilines is 1. The van der Waals surface area contributed by atoms with Crippen LogP contribution in [0.4, 0.5) is 5.13 Å². The van der Waals surface area contributed by atoms with Gasteiger partial charge in [-0.2, -0.15) is 0 Å². The lowest BCUT2D eigenvalue weighted by Gasteiger charge is -2.05. The zero-order valence-corrected chi connectivity index (χ0v) is 11.5. The standard InChI is InChI=1S/C9H11N3O2S3/c1-10-6-7-8(2-4-15-7)17(13,14)12-9-11-3-5-16-9/h2-5,10H,6H2,1H3,(H,11,12). The van der Waals surface area contributed by atoms with Crippen molar-refractivity contribution in [3.05, 3.63) is 27.9 Å². The molecule has 0 spiro atoms. The second-order valence-corrected chi connectivity index (χ2v) is 6.73. The van der Waals surface area contributed by atoms with Gasteiger partial charge in [-0.05, 0) is 18.5 Å². The summed E-state index contributed by atoms with van der Waals surface area (Å²) in [6.45, 7) is 0.534. The summed E-state index contributed by atoms with van der Waals surface area (Å²) in [5, 5.41) is 6.82. The molecule has 0 aliphatic rings. The average Bonchev–Trinajstić information content (AvgIpc) is 2.88. The Morgan fingerprint density at radius 3 is 2.82 bits per heavy atom. The van der Waals surface area contributed by atoms with Crippen molar-refractivity contribution >= 4 is 37.8 Å². The number of thiophene rings is 1. The Kier molecular flexibility index (Phi) is 3.77. The van der Waals surface area contributed by atoms with Crippen LogP contribution < -0.4 is 10.0 Å². The highest BCUT2D eigenvalue weighted by Crippen LogP contribution is 2.24. The SMILES string of the molecule is CNCc1sccc1S(=O)(=O)Nc1nccs1. The summed E-state index contributed by atoms with van der Waals surface area (Å²) in [6, 6.07) is 1.60. The Morgan fingerprint density at radius 2 is 2.18 bits per heavy atom. The summed E-state index contributed by atoms with van der Waals surface area (Å²) in [7, 11) is -1.74. The fourth-order valence-electron chi connectivity index (χ4n) is 1.30. The van der Waals surface area contributed by atoms with Crippen LogP contribution in [0.2, 0.25) is 0 Å². The summed E-state index contributed by atoms with van der Waals surface area (Å²) < 4.78 is 26.6. The maximum Gasteiger partial charge on any atom is 0.264 e. The molecule has 2 rings (SSSR count). The molecule has 2 aromatic heterocycles. The van der Waals surface area contributed by atoms with Crippen LogP contribution in [0.1, 0.15) is 4.88 Å². The van der Waals surface area contributed by atoms with E-state index in [0.717, 1.165) is 4.88 Å². The van der Waals surface area contributed by atoms with E-state index < -0.39 is 10.0 Å². The maximum atomic E-state index is 12.1. The third-order valence-corrected chi connectivity index (χ3v) is 5.28. The molecule has 0 atom stereocenters. The van der Waals surface area contributed by atoms with Crippen LogP contribution in [0.15, 0.2) is 27.9 Å². The molecule has 17 heavy (non-hydrogen) atoms. The van der Waals surface area contributed by atoms with Crippen molar-refractivity contribution in [3.63, 3.8) is 0 Å². The fourth-order valence-corrected chi connectivity index (χ4v) is 4.55. The van der Waals surface area contributed by atoms with E-state index in [-0.39, 0.29) is 0 Å². The molecule has 0 aliphatic heterocycles. The van der Waals surface area contributed by atoms with Gasteiger partial charge in [-0.15, -0.1) is 22.7 Å². The number of sulfonamides is 1. The largest absolute Gasteiger partial charge is 0.315 e. The monoisotopic (exact) mass is 289 g/mol. The van der Waals surface area contributed by atoms with Gasteiger partial charge in [-0.1, -0.05) is 0 Å². The highest BCUT2D eigenvalue weighted by molar-refractivity contribution is 7.93. The molecule has 0 aromatic carbocycles. The molecular weight excluding hydrogens is 278 g/mol. The van der Waals surface area contributed by atoms with Crippen LogP contribution >= 0.6 is 22.7 Å². The van der Waals surface area contributed by atoms with Crippen molar-refractivity contribution in [3.8, 4) is 0 Å². The quantitative estimate of drug-likeness (QED) is 0.879. The molecule has 8 heteroatoms. The highest BCUT2D eigenvalue weighted by atomic mass is 32.2. The van der Waals surface area contributed by atoms with Crippen LogP contribution in [0.5, 0.6) is 0 Å². The van der Waals surface area contributed by atoms with Gasteiger partial charge >= 0.3 is 0 Å². The molecule has 2 heterocycles. The normalized spacial score (nSPS) is 11.6. The number of aromatic nitrogens is 1. The molecular formula is C9H11N3O2S3. The number of hydrogen-bond acceptors (Lipinski definition) is 6. The van der Waals surface area contributed by atoms with Crippen LogP contribution in [-0.2, 0) is 16.6 Å². The topological polar surface area (TPSA) is 71.1 Å².